The van der Waals surface area contributed by atoms with Crippen LogP contribution in [-0.2, 0) is 0 Å². The Morgan fingerprint density at radius 1 is 0.679 bits per heavy atom. The van der Waals surface area contributed by atoms with E-state index in [1.54, 1.807) is 12.1 Å². The molecule has 4 heteroatoms. The van der Waals surface area contributed by atoms with Crippen molar-refractivity contribution in [2.45, 2.75) is 0 Å². The van der Waals surface area contributed by atoms with Crippen LogP contribution in [0.15, 0.2) is 69.5 Å². The van der Waals surface area contributed by atoms with E-state index in [0.29, 0.717) is 22.8 Å². The first-order chi connectivity index (χ1) is 13.7. The molecule has 0 fully saturated rings. The van der Waals surface area contributed by atoms with Crippen LogP contribution in [0.5, 0.6) is 0 Å². The summed E-state index contributed by atoms with van der Waals surface area (Å²) in [4.78, 5) is 3.39. The summed E-state index contributed by atoms with van der Waals surface area (Å²) in [5.41, 5.74) is 1.42. The summed E-state index contributed by atoms with van der Waals surface area (Å²) in [7, 11) is 0. The predicted molar refractivity (Wildman–Crippen MR) is 109 cm³/mol. The number of furan rings is 2. The number of hydrogen-bond acceptors (Lipinski definition) is 3. The largest absolute Gasteiger partial charge is 0.480 e. The Hall–Kier alpha value is -4.28. The van der Waals surface area contributed by atoms with Crippen molar-refractivity contribution in [2.24, 2.45) is 0 Å². The Morgan fingerprint density at radius 3 is 1.89 bits per heavy atom. The molecule has 128 valence electrons. The molecule has 4 nitrogen and oxygen atoms in total. The molecule has 0 N–H and O–H groups in total. The second-order valence-corrected chi connectivity index (χ2v) is 6.87. The second-order valence-electron chi connectivity index (χ2n) is 6.87. The molecule has 6 aromatic rings. The van der Waals surface area contributed by atoms with Gasteiger partial charge in [-0.15, -0.1) is 0 Å². The molecular formula is C24H10N2O2. The molecule has 0 aliphatic carbocycles. The van der Waals surface area contributed by atoms with Crippen molar-refractivity contribution in [2.75, 3.05) is 0 Å². The fourth-order valence-corrected chi connectivity index (χ4v) is 4.04. The maximum atomic E-state index is 9.10. The quantitative estimate of drug-likeness (QED) is 0.216. The molecule has 2 aromatic heterocycles. The molecular weight excluding hydrogens is 348 g/mol. The Balaban J connectivity index is 1.74. The molecule has 0 saturated carbocycles. The van der Waals surface area contributed by atoms with Crippen LogP contribution >= 0.6 is 0 Å². The molecule has 28 heavy (non-hydrogen) atoms. The van der Waals surface area contributed by atoms with Gasteiger partial charge in [-0.3, -0.25) is 0 Å². The second kappa shape index (κ2) is 5.13. The van der Waals surface area contributed by atoms with E-state index in [0.717, 1.165) is 43.1 Å². The van der Waals surface area contributed by atoms with Crippen LogP contribution in [0.4, 0.5) is 5.88 Å². The molecule has 0 bridgehead atoms. The zero-order chi connectivity index (χ0) is 18.8. The molecule has 0 saturated heterocycles. The van der Waals surface area contributed by atoms with Crippen molar-refractivity contribution in [1.82, 2.24) is 0 Å². The Morgan fingerprint density at radius 2 is 1.29 bits per heavy atom. The molecule has 0 spiro atoms. The van der Waals surface area contributed by atoms with E-state index >= 15 is 0 Å². The molecule has 0 radical (unpaired) electrons. The topological polar surface area (TPSA) is 54.4 Å². The third kappa shape index (κ3) is 1.92. The third-order valence-electron chi connectivity index (χ3n) is 5.31. The van der Waals surface area contributed by atoms with Crippen LogP contribution in [0.2, 0.25) is 0 Å². The minimum Gasteiger partial charge on any atom is -0.480 e. The van der Waals surface area contributed by atoms with Crippen LogP contribution in [0.25, 0.3) is 59.1 Å². The van der Waals surface area contributed by atoms with Gasteiger partial charge in [0, 0.05) is 16.8 Å². The maximum absolute atomic E-state index is 9.10. The monoisotopic (exact) mass is 358 g/mol. The van der Waals surface area contributed by atoms with Gasteiger partial charge in [0.1, 0.15) is 17.2 Å². The van der Waals surface area contributed by atoms with Crippen molar-refractivity contribution in [3.63, 3.8) is 0 Å². The Labute approximate surface area is 158 Å². The minimum absolute atomic E-state index is 0.300. The van der Waals surface area contributed by atoms with Crippen LogP contribution in [-0.4, -0.2) is 0 Å². The highest BCUT2D eigenvalue weighted by atomic mass is 16.3. The number of fused-ring (bicyclic) bond motifs is 7. The first-order valence-corrected chi connectivity index (χ1v) is 8.77. The highest BCUT2D eigenvalue weighted by Crippen LogP contribution is 2.37. The summed E-state index contributed by atoms with van der Waals surface area (Å²) in [6.45, 7) is 7.16. The highest BCUT2D eigenvalue weighted by Gasteiger charge is 2.11. The average molecular weight is 358 g/mol. The van der Waals surface area contributed by atoms with Gasteiger partial charge >= 0.3 is 5.88 Å². The van der Waals surface area contributed by atoms with Gasteiger partial charge in [-0.1, -0.05) is 24.3 Å². The van der Waals surface area contributed by atoms with E-state index in [4.69, 9.17) is 20.7 Å². The standard InChI is InChI=1S/C24H10N2O2/c1-26-24-9-16-7-14-3-5-18-19(21(14)11-23(16)28-24)4-2-13-6-15-8-17(12-25)27-22(15)10-20(13)18/h2-11H. The van der Waals surface area contributed by atoms with E-state index in [1.807, 2.05) is 12.1 Å². The summed E-state index contributed by atoms with van der Waals surface area (Å²) in [5, 5.41) is 17.5. The van der Waals surface area contributed by atoms with Crippen molar-refractivity contribution in [1.29, 1.82) is 5.26 Å². The van der Waals surface area contributed by atoms with E-state index in [2.05, 4.69) is 47.3 Å². The summed E-state index contributed by atoms with van der Waals surface area (Å²) in [5.74, 6) is 0.615. The lowest BCUT2D eigenvalue weighted by molar-refractivity contribution is 0.600. The fraction of sp³-hybridized carbons (Fsp3) is 0. The summed E-state index contributed by atoms with van der Waals surface area (Å²) < 4.78 is 11.3. The van der Waals surface area contributed by atoms with Gasteiger partial charge in [-0.2, -0.15) is 10.1 Å². The molecule has 0 unspecified atom stereocenters. The van der Waals surface area contributed by atoms with Gasteiger partial charge in [-0.25, -0.2) is 0 Å². The van der Waals surface area contributed by atoms with Gasteiger partial charge < -0.3 is 8.83 Å². The zero-order valence-corrected chi connectivity index (χ0v) is 14.5. The number of rotatable bonds is 0. The number of nitriles is 1. The molecule has 6 rings (SSSR count). The van der Waals surface area contributed by atoms with Gasteiger partial charge in [0.25, 0.3) is 0 Å². The van der Waals surface area contributed by atoms with Gasteiger partial charge in [-0.05, 0) is 62.6 Å². The zero-order valence-electron chi connectivity index (χ0n) is 14.5. The first kappa shape index (κ1) is 14.8. The fourth-order valence-electron chi connectivity index (χ4n) is 4.04. The van der Waals surface area contributed by atoms with Crippen molar-refractivity contribution < 1.29 is 8.83 Å². The number of hydrogen-bond donors (Lipinski definition) is 0. The van der Waals surface area contributed by atoms with Gasteiger partial charge in [0.2, 0.25) is 5.76 Å². The minimum atomic E-state index is 0.300. The van der Waals surface area contributed by atoms with Crippen molar-refractivity contribution in [3.8, 4) is 6.07 Å². The predicted octanol–water partition coefficient (Wildman–Crippen LogP) is 7.06. The Kier molecular flexibility index (Phi) is 2.72. The molecule has 4 aromatic carbocycles. The van der Waals surface area contributed by atoms with Crippen LogP contribution < -0.4 is 0 Å². The summed E-state index contributed by atoms with van der Waals surface area (Å²) in [6, 6.07) is 22.1. The lowest BCUT2D eigenvalue weighted by atomic mass is 9.96. The first-order valence-electron chi connectivity index (χ1n) is 8.77. The molecule has 2 heterocycles. The van der Waals surface area contributed by atoms with Gasteiger partial charge in [0.15, 0.2) is 0 Å². The lowest BCUT2D eigenvalue weighted by Gasteiger charge is -2.08. The van der Waals surface area contributed by atoms with Crippen LogP contribution in [0.1, 0.15) is 5.76 Å². The SMILES string of the molecule is [C-]#[N+]c1cc2cc3ccc4c5cc6oc(C#N)cc6cc5ccc4c3cc2o1. The summed E-state index contributed by atoms with van der Waals surface area (Å²) in [6.07, 6.45) is 0. The highest BCUT2D eigenvalue weighted by molar-refractivity contribution is 6.20. The lowest BCUT2D eigenvalue weighted by Crippen LogP contribution is -1.81. The maximum Gasteiger partial charge on any atom is 0.346 e. The molecule has 0 aliphatic rings. The van der Waals surface area contributed by atoms with Crippen LogP contribution in [0.3, 0.4) is 0 Å². The van der Waals surface area contributed by atoms with Gasteiger partial charge in [0.05, 0.1) is 6.57 Å². The molecule has 0 atom stereocenters. The van der Waals surface area contributed by atoms with Crippen LogP contribution in [0, 0.1) is 17.9 Å². The van der Waals surface area contributed by atoms with E-state index in [9.17, 15) is 0 Å². The summed E-state index contributed by atoms with van der Waals surface area (Å²) >= 11 is 0. The molecule has 0 amide bonds. The Bertz CT molecular complexity index is 1560. The number of nitrogens with zero attached hydrogens (tertiary/aromatic N) is 2. The average Bonchev–Trinajstić information content (AvgIpc) is 3.32. The van der Waals surface area contributed by atoms with Crippen molar-refractivity contribution in [3.05, 3.63) is 77.8 Å². The normalized spacial score (nSPS) is 11.5. The van der Waals surface area contributed by atoms with Crippen molar-refractivity contribution >= 4 is 60.1 Å². The third-order valence-corrected chi connectivity index (χ3v) is 5.31. The number of benzene rings is 4. The van der Waals surface area contributed by atoms with E-state index in [-0.39, 0.29) is 0 Å². The van der Waals surface area contributed by atoms with E-state index < -0.39 is 0 Å². The smallest absolute Gasteiger partial charge is 0.346 e. The van der Waals surface area contributed by atoms with E-state index in [1.165, 1.54) is 0 Å². The molecule has 0 aliphatic heterocycles.